The van der Waals surface area contributed by atoms with Gasteiger partial charge in [0.05, 0.1) is 27.7 Å². The van der Waals surface area contributed by atoms with E-state index in [2.05, 4.69) is 32.5 Å². The van der Waals surface area contributed by atoms with E-state index in [4.69, 9.17) is 0 Å². The lowest BCUT2D eigenvalue weighted by molar-refractivity contribution is -0.394. The summed E-state index contributed by atoms with van der Waals surface area (Å²) in [7, 11) is 0. The van der Waals surface area contributed by atoms with Crippen LogP contribution in [0.1, 0.15) is 53.0 Å². The number of hydrazone groups is 1. The normalized spacial score (nSPS) is 12.0. The minimum atomic E-state index is -1.05. The molecule has 1 heterocycles. The lowest BCUT2D eigenvalue weighted by Gasteiger charge is -2.19. The van der Waals surface area contributed by atoms with Crippen LogP contribution in [0.5, 0.6) is 0 Å². The van der Waals surface area contributed by atoms with Crippen LogP contribution in [0.4, 0.5) is 11.4 Å². The Morgan fingerprint density at radius 3 is 2.26 bits per heavy atom. The number of aromatic nitrogens is 1. The first-order chi connectivity index (χ1) is 20.4. The third-order valence-electron chi connectivity index (χ3n) is 6.99. The first-order valence-electron chi connectivity index (χ1n) is 13.7. The zero-order valence-electron chi connectivity index (χ0n) is 24.2. The van der Waals surface area contributed by atoms with Crippen molar-refractivity contribution in [2.75, 3.05) is 0 Å². The second kappa shape index (κ2) is 13.1. The number of nitro benzene ring substituents is 2. The number of fused-ring (bicyclic) bond motifs is 1. The molecule has 222 valence electrons. The molecular weight excluding hydrogens is 552 g/mol. The highest BCUT2D eigenvalue weighted by Gasteiger charge is 2.25. The summed E-state index contributed by atoms with van der Waals surface area (Å²) in [6.07, 6.45) is 1.80. The molecular formula is C31H32N6O6. The average Bonchev–Trinajstić information content (AvgIpc) is 3.22. The number of amides is 2. The first-order valence-corrected chi connectivity index (χ1v) is 13.7. The molecule has 0 bridgehead atoms. The molecule has 0 radical (unpaired) electrons. The summed E-state index contributed by atoms with van der Waals surface area (Å²) in [4.78, 5) is 47.0. The average molecular weight is 585 g/mol. The second-order valence-electron chi connectivity index (χ2n) is 10.7. The van der Waals surface area contributed by atoms with Crippen LogP contribution in [0.15, 0.2) is 71.8 Å². The van der Waals surface area contributed by atoms with Crippen LogP contribution in [-0.2, 0) is 11.3 Å². The molecule has 1 atom stereocenters. The molecule has 3 aromatic carbocycles. The Bertz CT molecular complexity index is 1710. The van der Waals surface area contributed by atoms with Gasteiger partial charge >= 0.3 is 0 Å². The van der Waals surface area contributed by atoms with Crippen LogP contribution >= 0.6 is 0 Å². The number of nitro groups is 2. The number of rotatable bonds is 11. The molecule has 43 heavy (non-hydrogen) atoms. The van der Waals surface area contributed by atoms with Crippen molar-refractivity contribution in [2.24, 2.45) is 11.0 Å². The van der Waals surface area contributed by atoms with Crippen LogP contribution in [0.2, 0.25) is 0 Å². The smallest absolute Gasteiger partial charge is 0.277 e. The molecule has 0 fully saturated rings. The predicted octanol–water partition coefficient (Wildman–Crippen LogP) is 5.42. The monoisotopic (exact) mass is 584 g/mol. The molecule has 1 aromatic heterocycles. The van der Waals surface area contributed by atoms with Crippen LogP contribution in [0.3, 0.4) is 0 Å². The van der Waals surface area contributed by atoms with Gasteiger partial charge in [-0.05, 0) is 37.8 Å². The number of benzene rings is 3. The molecule has 2 N–H and O–H groups in total. The van der Waals surface area contributed by atoms with Crippen molar-refractivity contribution < 1.29 is 19.4 Å². The van der Waals surface area contributed by atoms with Gasteiger partial charge in [0.15, 0.2) is 0 Å². The third-order valence-corrected chi connectivity index (χ3v) is 6.99. The number of carbonyl (C=O) groups is 2. The molecule has 12 nitrogen and oxygen atoms in total. The van der Waals surface area contributed by atoms with Crippen molar-refractivity contribution >= 4 is 40.3 Å². The number of aryl methyl sites for hydroxylation is 1. The third kappa shape index (κ3) is 7.28. The standard InChI is InChI=1S/C31H32N6O6/c1-19(2)12-28(33-30(38)23-14-24(36(40)41)16-25(15-23)37(42)43)31(39)34-32-17-27-21(4)35(29-11-6-5-10-26(27)29)18-22-9-7-8-20(3)13-22/h5-11,13-17,19,28H,12,18H2,1-4H3,(H,33,38)(H,34,39)/b32-17-/t28-/m1/s1. The van der Waals surface area contributed by atoms with E-state index in [1.807, 2.05) is 64.1 Å². The molecule has 0 aliphatic carbocycles. The summed E-state index contributed by atoms with van der Waals surface area (Å²) < 4.78 is 2.19. The Labute approximate surface area is 247 Å². The SMILES string of the molecule is Cc1cccc(Cn2c(C)c(/C=N\NC(=O)[C@@H](CC(C)C)NC(=O)c3cc([N+](=O)[O-])cc([N+](=O)[O-])c3)c3ccccc32)c1. The van der Waals surface area contributed by atoms with Gasteiger partial charge in [0.2, 0.25) is 0 Å². The number of para-hydroxylation sites is 1. The summed E-state index contributed by atoms with van der Waals surface area (Å²) in [5.41, 5.74) is 6.12. The van der Waals surface area contributed by atoms with Gasteiger partial charge < -0.3 is 9.88 Å². The maximum atomic E-state index is 13.2. The Balaban J connectivity index is 1.56. The van der Waals surface area contributed by atoms with E-state index in [9.17, 15) is 29.8 Å². The van der Waals surface area contributed by atoms with Crippen LogP contribution in [0, 0.1) is 40.0 Å². The van der Waals surface area contributed by atoms with Gasteiger partial charge in [-0.2, -0.15) is 5.10 Å². The highest BCUT2D eigenvalue weighted by atomic mass is 16.6. The molecule has 0 unspecified atom stereocenters. The van der Waals surface area contributed by atoms with Gasteiger partial charge in [-0.3, -0.25) is 29.8 Å². The first kappa shape index (κ1) is 30.6. The van der Waals surface area contributed by atoms with E-state index in [0.29, 0.717) is 6.54 Å². The number of hydrogen-bond acceptors (Lipinski definition) is 7. The summed E-state index contributed by atoms with van der Waals surface area (Å²) in [5.74, 6) is -1.47. The van der Waals surface area contributed by atoms with E-state index in [1.165, 1.54) is 5.56 Å². The molecule has 0 spiro atoms. The summed E-state index contributed by atoms with van der Waals surface area (Å²) in [5, 5.41) is 30.2. The van der Waals surface area contributed by atoms with Gasteiger partial charge in [0, 0.05) is 40.8 Å². The highest BCUT2D eigenvalue weighted by molar-refractivity contribution is 6.02. The fraction of sp³-hybridized carbons (Fsp3) is 0.258. The van der Waals surface area contributed by atoms with Crippen molar-refractivity contribution in [3.63, 3.8) is 0 Å². The van der Waals surface area contributed by atoms with Crippen molar-refractivity contribution in [3.05, 3.63) is 115 Å². The minimum Gasteiger partial charge on any atom is -0.340 e. The molecule has 0 saturated carbocycles. The van der Waals surface area contributed by atoms with E-state index < -0.39 is 39.1 Å². The van der Waals surface area contributed by atoms with Gasteiger partial charge in [-0.15, -0.1) is 0 Å². The second-order valence-corrected chi connectivity index (χ2v) is 10.7. The summed E-state index contributed by atoms with van der Waals surface area (Å²) in [6.45, 7) is 8.42. The Morgan fingerprint density at radius 2 is 1.63 bits per heavy atom. The number of nitrogens with one attached hydrogen (secondary N) is 2. The quantitative estimate of drug-likeness (QED) is 0.136. The van der Waals surface area contributed by atoms with Gasteiger partial charge in [0.25, 0.3) is 23.2 Å². The zero-order chi connectivity index (χ0) is 31.3. The van der Waals surface area contributed by atoms with Crippen LogP contribution < -0.4 is 10.7 Å². The number of hydrogen-bond donors (Lipinski definition) is 2. The number of carbonyl (C=O) groups excluding carboxylic acids is 2. The zero-order valence-corrected chi connectivity index (χ0v) is 24.2. The fourth-order valence-electron chi connectivity index (χ4n) is 4.94. The topological polar surface area (TPSA) is 162 Å². The fourth-order valence-corrected chi connectivity index (χ4v) is 4.94. The molecule has 0 aliphatic rings. The van der Waals surface area contributed by atoms with E-state index in [-0.39, 0.29) is 17.9 Å². The summed E-state index contributed by atoms with van der Waals surface area (Å²) >= 11 is 0. The molecule has 12 heteroatoms. The van der Waals surface area contributed by atoms with E-state index in [0.717, 1.165) is 45.9 Å². The van der Waals surface area contributed by atoms with Crippen molar-refractivity contribution in [1.82, 2.24) is 15.3 Å². The Morgan fingerprint density at radius 1 is 0.953 bits per heavy atom. The molecule has 0 saturated heterocycles. The Kier molecular flexibility index (Phi) is 9.29. The molecule has 2 amide bonds. The van der Waals surface area contributed by atoms with Gasteiger partial charge in [0.1, 0.15) is 6.04 Å². The van der Waals surface area contributed by atoms with E-state index in [1.54, 1.807) is 6.21 Å². The maximum absolute atomic E-state index is 13.2. The van der Waals surface area contributed by atoms with Crippen LogP contribution in [-0.4, -0.2) is 38.5 Å². The minimum absolute atomic E-state index is 0.0127. The Hall–Kier alpha value is -5.39. The number of nitrogens with zero attached hydrogens (tertiary/aromatic N) is 4. The molecule has 4 aromatic rings. The van der Waals surface area contributed by atoms with Crippen molar-refractivity contribution in [2.45, 2.75) is 46.7 Å². The molecule has 4 rings (SSSR count). The lowest BCUT2D eigenvalue weighted by atomic mass is 10.0. The van der Waals surface area contributed by atoms with Crippen LogP contribution in [0.25, 0.3) is 10.9 Å². The van der Waals surface area contributed by atoms with Gasteiger partial charge in [-0.1, -0.05) is 61.9 Å². The van der Waals surface area contributed by atoms with E-state index >= 15 is 0 Å². The molecule has 0 aliphatic heterocycles. The predicted molar refractivity (Wildman–Crippen MR) is 163 cm³/mol. The number of non-ortho nitro benzene ring substituents is 2. The lowest BCUT2D eigenvalue weighted by Crippen LogP contribution is -2.46. The largest absolute Gasteiger partial charge is 0.340 e. The van der Waals surface area contributed by atoms with Gasteiger partial charge in [-0.25, -0.2) is 5.43 Å². The van der Waals surface area contributed by atoms with Crippen molar-refractivity contribution in [1.29, 1.82) is 0 Å². The highest BCUT2D eigenvalue weighted by Crippen LogP contribution is 2.26. The summed E-state index contributed by atoms with van der Waals surface area (Å²) in [6, 6.07) is 17.8. The van der Waals surface area contributed by atoms with Crippen molar-refractivity contribution in [3.8, 4) is 0 Å². The maximum Gasteiger partial charge on any atom is 0.277 e.